The van der Waals surface area contributed by atoms with Crippen LogP contribution in [0, 0.1) is 0 Å². The van der Waals surface area contributed by atoms with Gasteiger partial charge in [0.1, 0.15) is 0 Å². The molecule has 5 heteroatoms. The molecule has 2 N–H and O–H groups in total. The van der Waals surface area contributed by atoms with Crippen molar-refractivity contribution in [2.75, 3.05) is 24.3 Å². The standard InChI is InChI=1S/C13H16N2O3/c1-18-13(17)6-7-15-11-4-3-10(14)8-9(11)2-5-12(15)16/h3-4,8H,2,5-7,14H2,1H3. The van der Waals surface area contributed by atoms with Crippen molar-refractivity contribution < 1.29 is 14.3 Å². The number of esters is 1. The van der Waals surface area contributed by atoms with Gasteiger partial charge in [-0.3, -0.25) is 9.59 Å². The topological polar surface area (TPSA) is 72.6 Å². The van der Waals surface area contributed by atoms with Crippen LogP contribution in [-0.2, 0) is 20.7 Å². The maximum Gasteiger partial charge on any atom is 0.307 e. The number of hydrogen-bond acceptors (Lipinski definition) is 4. The van der Waals surface area contributed by atoms with E-state index in [9.17, 15) is 9.59 Å². The number of nitrogen functional groups attached to an aromatic ring is 1. The molecule has 2 rings (SSSR count). The van der Waals surface area contributed by atoms with E-state index in [0.717, 1.165) is 11.3 Å². The fourth-order valence-electron chi connectivity index (χ4n) is 2.13. The van der Waals surface area contributed by atoms with Crippen LogP contribution in [0.25, 0.3) is 0 Å². The molecule has 18 heavy (non-hydrogen) atoms. The van der Waals surface area contributed by atoms with Crippen molar-refractivity contribution in [1.82, 2.24) is 0 Å². The number of amides is 1. The van der Waals surface area contributed by atoms with Crippen LogP contribution >= 0.6 is 0 Å². The van der Waals surface area contributed by atoms with E-state index < -0.39 is 0 Å². The summed E-state index contributed by atoms with van der Waals surface area (Å²) >= 11 is 0. The van der Waals surface area contributed by atoms with Crippen LogP contribution in [0.3, 0.4) is 0 Å². The quantitative estimate of drug-likeness (QED) is 0.642. The summed E-state index contributed by atoms with van der Waals surface area (Å²) in [5.74, 6) is -0.276. The number of fused-ring (bicyclic) bond motifs is 1. The third-order valence-electron chi connectivity index (χ3n) is 3.07. The molecular weight excluding hydrogens is 232 g/mol. The second-order valence-corrected chi connectivity index (χ2v) is 4.26. The van der Waals surface area contributed by atoms with Crippen LogP contribution in [-0.4, -0.2) is 25.5 Å². The fourth-order valence-corrected chi connectivity index (χ4v) is 2.13. The molecule has 1 heterocycles. The molecule has 0 bridgehead atoms. The van der Waals surface area contributed by atoms with Crippen molar-refractivity contribution >= 4 is 23.3 Å². The first kappa shape index (κ1) is 12.4. The number of anilines is 2. The lowest BCUT2D eigenvalue weighted by Gasteiger charge is -2.29. The number of nitrogens with zero attached hydrogens (tertiary/aromatic N) is 1. The van der Waals surface area contributed by atoms with E-state index in [4.69, 9.17) is 5.73 Å². The van der Waals surface area contributed by atoms with Gasteiger partial charge in [-0.25, -0.2) is 0 Å². The number of rotatable bonds is 3. The maximum absolute atomic E-state index is 11.9. The lowest BCUT2D eigenvalue weighted by molar-refractivity contribution is -0.140. The third kappa shape index (κ3) is 2.45. The number of nitrogens with two attached hydrogens (primary N) is 1. The van der Waals surface area contributed by atoms with E-state index >= 15 is 0 Å². The summed E-state index contributed by atoms with van der Waals surface area (Å²) in [7, 11) is 1.34. The van der Waals surface area contributed by atoms with Gasteiger partial charge in [-0.05, 0) is 30.2 Å². The Hall–Kier alpha value is -2.04. The number of carbonyl (C=O) groups excluding carboxylic acids is 2. The molecule has 1 aromatic rings. The highest BCUT2D eigenvalue weighted by Gasteiger charge is 2.24. The summed E-state index contributed by atoms with van der Waals surface area (Å²) in [5.41, 5.74) is 8.33. The Morgan fingerprint density at radius 3 is 2.94 bits per heavy atom. The highest BCUT2D eigenvalue weighted by atomic mass is 16.5. The molecule has 0 saturated carbocycles. The summed E-state index contributed by atoms with van der Waals surface area (Å²) in [6.45, 7) is 0.350. The molecule has 0 aliphatic carbocycles. The van der Waals surface area contributed by atoms with Crippen molar-refractivity contribution in [2.24, 2.45) is 0 Å². The third-order valence-corrected chi connectivity index (χ3v) is 3.07. The van der Waals surface area contributed by atoms with Gasteiger partial charge in [-0.15, -0.1) is 0 Å². The van der Waals surface area contributed by atoms with Gasteiger partial charge in [0, 0.05) is 24.3 Å². The van der Waals surface area contributed by atoms with Crippen LogP contribution in [0.5, 0.6) is 0 Å². The minimum absolute atomic E-state index is 0.0381. The average molecular weight is 248 g/mol. The Labute approximate surface area is 106 Å². The monoisotopic (exact) mass is 248 g/mol. The second-order valence-electron chi connectivity index (χ2n) is 4.26. The Bertz CT molecular complexity index is 485. The number of hydrogen-bond donors (Lipinski definition) is 1. The van der Waals surface area contributed by atoms with E-state index in [-0.39, 0.29) is 18.3 Å². The van der Waals surface area contributed by atoms with E-state index in [0.29, 0.717) is 25.1 Å². The molecule has 0 unspecified atom stereocenters. The Balaban J connectivity index is 2.20. The average Bonchev–Trinajstić information content (AvgIpc) is 2.37. The molecule has 0 spiro atoms. The lowest BCUT2D eigenvalue weighted by Crippen LogP contribution is -2.36. The van der Waals surface area contributed by atoms with Crippen LogP contribution in [0.4, 0.5) is 11.4 Å². The van der Waals surface area contributed by atoms with E-state index in [1.165, 1.54) is 7.11 Å². The summed E-state index contributed by atoms with van der Waals surface area (Å²) in [4.78, 5) is 24.7. The first-order valence-electron chi connectivity index (χ1n) is 5.87. The summed E-state index contributed by atoms with van der Waals surface area (Å²) in [5, 5.41) is 0. The second kappa shape index (κ2) is 5.08. The lowest BCUT2D eigenvalue weighted by atomic mass is 10.0. The van der Waals surface area contributed by atoms with E-state index in [1.54, 1.807) is 11.0 Å². The SMILES string of the molecule is COC(=O)CCN1C(=O)CCc2cc(N)ccc21. The summed E-state index contributed by atoms with van der Waals surface area (Å²) < 4.78 is 4.59. The van der Waals surface area contributed by atoms with Gasteiger partial charge < -0.3 is 15.4 Å². The number of ether oxygens (including phenoxy) is 1. The van der Waals surface area contributed by atoms with Crippen molar-refractivity contribution in [3.8, 4) is 0 Å². The normalized spacial score (nSPS) is 14.3. The number of methoxy groups -OCH3 is 1. The number of aryl methyl sites for hydroxylation is 1. The van der Waals surface area contributed by atoms with Gasteiger partial charge in [-0.1, -0.05) is 0 Å². The first-order valence-corrected chi connectivity index (χ1v) is 5.87. The Morgan fingerprint density at radius 2 is 2.22 bits per heavy atom. The van der Waals surface area contributed by atoms with Crippen LogP contribution in [0.2, 0.25) is 0 Å². The summed E-state index contributed by atoms with van der Waals surface area (Å²) in [6.07, 6.45) is 1.36. The Kier molecular flexibility index (Phi) is 3.50. The minimum atomic E-state index is -0.314. The van der Waals surface area contributed by atoms with E-state index in [2.05, 4.69) is 4.74 Å². The van der Waals surface area contributed by atoms with Gasteiger partial charge in [0.25, 0.3) is 0 Å². The molecule has 1 amide bonds. The van der Waals surface area contributed by atoms with Gasteiger partial charge >= 0.3 is 5.97 Å². The summed E-state index contributed by atoms with van der Waals surface area (Å²) in [6, 6.07) is 5.48. The van der Waals surface area contributed by atoms with Gasteiger partial charge in [-0.2, -0.15) is 0 Å². The molecule has 96 valence electrons. The molecule has 0 radical (unpaired) electrons. The predicted octanol–water partition coefficient (Wildman–Crippen LogP) is 1.11. The van der Waals surface area contributed by atoms with Crippen LogP contribution < -0.4 is 10.6 Å². The number of carbonyl (C=O) groups is 2. The molecule has 1 aliphatic heterocycles. The zero-order valence-electron chi connectivity index (χ0n) is 10.3. The zero-order valence-corrected chi connectivity index (χ0v) is 10.3. The number of benzene rings is 1. The first-order chi connectivity index (χ1) is 8.61. The smallest absolute Gasteiger partial charge is 0.307 e. The van der Waals surface area contributed by atoms with Crippen LogP contribution in [0.15, 0.2) is 18.2 Å². The zero-order chi connectivity index (χ0) is 13.1. The van der Waals surface area contributed by atoms with Gasteiger partial charge in [0.05, 0.1) is 13.5 Å². The van der Waals surface area contributed by atoms with Crippen molar-refractivity contribution in [1.29, 1.82) is 0 Å². The predicted molar refractivity (Wildman–Crippen MR) is 68.2 cm³/mol. The van der Waals surface area contributed by atoms with Crippen molar-refractivity contribution in [2.45, 2.75) is 19.3 Å². The largest absolute Gasteiger partial charge is 0.469 e. The molecular formula is C13H16N2O3. The van der Waals surface area contributed by atoms with Crippen molar-refractivity contribution in [3.05, 3.63) is 23.8 Å². The molecule has 0 fully saturated rings. The Morgan fingerprint density at radius 1 is 1.44 bits per heavy atom. The molecule has 1 aromatic carbocycles. The molecule has 1 aliphatic rings. The molecule has 0 saturated heterocycles. The molecule has 0 aromatic heterocycles. The van der Waals surface area contributed by atoms with Gasteiger partial charge in [0.15, 0.2) is 0 Å². The highest BCUT2D eigenvalue weighted by molar-refractivity contribution is 5.97. The maximum atomic E-state index is 11.9. The van der Waals surface area contributed by atoms with E-state index in [1.807, 2.05) is 12.1 Å². The minimum Gasteiger partial charge on any atom is -0.469 e. The van der Waals surface area contributed by atoms with Gasteiger partial charge in [0.2, 0.25) is 5.91 Å². The molecule has 5 nitrogen and oxygen atoms in total. The fraction of sp³-hybridized carbons (Fsp3) is 0.385. The molecule has 0 atom stereocenters. The van der Waals surface area contributed by atoms with Crippen molar-refractivity contribution in [3.63, 3.8) is 0 Å². The highest BCUT2D eigenvalue weighted by Crippen LogP contribution is 2.29. The van der Waals surface area contributed by atoms with Crippen LogP contribution in [0.1, 0.15) is 18.4 Å².